The molecule has 0 aliphatic carbocycles. The van der Waals surface area contributed by atoms with Crippen molar-refractivity contribution in [3.8, 4) is 5.69 Å². The molecule has 9 heteroatoms. The Balaban J connectivity index is 1.54. The quantitative estimate of drug-likeness (QED) is 0.375. The van der Waals surface area contributed by atoms with Crippen LogP contribution in [0.4, 0.5) is 5.69 Å². The zero-order chi connectivity index (χ0) is 25.0. The van der Waals surface area contributed by atoms with E-state index in [0.29, 0.717) is 16.3 Å². The maximum atomic E-state index is 13.6. The highest BCUT2D eigenvalue weighted by atomic mass is 35.5. The molecular formula is C26H25ClN4O3S. The molecule has 0 bridgehead atoms. The molecule has 3 aromatic carbocycles. The SMILES string of the molecule is Cc1ccc(S(=O)(=O)N(CC(=O)NCc2ccc(-n3cccn3)cc2)c2cccc(Cl)c2C)cc1. The van der Waals surface area contributed by atoms with Crippen LogP contribution in [0.5, 0.6) is 0 Å². The number of nitrogens with one attached hydrogen (secondary N) is 1. The van der Waals surface area contributed by atoms with Crippen LogP contribution in [0.15, 0.2) is 90.1 Å². The molecule has 7 nitrogen and oxygen atoms in total. The summed E-state index contributed by atoms with van der Waals surface area (Å²) in [6.07, 6.45) is 3.55. The van der Waals surface area contributed by atoms with Crippen LogP contribution in [-0.4, -0.2) is 30.7 Å². The first kappa shape index (κ1) is 24.5. The molecule has 0 radical (unpaired) electrons. The van der Waals surface area contributed by atoms with Gasteiger partial charge in [0.2, 0.25) is 5.91 Å². The molecule has 180 valence electrons. The number of amides is 1. The van der Waals surface area contributed by atoms with Crippen molar-refractivity contribution >= 4 is 33.2 Å². The summed E-state index contributed by atoms with van der Waals surface area (Å²) in [4.78, 5) is 13.0. The normalized spacial score (nSPS) is 11.3. The second kappa shape index (κ2) is 10.3. The maximum absolute atomic E-state index is 13.6. The van der Waals surface area contributed by atoms with E-state index in [2.05, 4.69) is 10.4 Å². The summed E-state index contributed by atoms with van der Waals surface area (Å²) >= 11 is 6.27. The van der Waals surface area contributed by atoms with Crippen molar-refractivity contribution in [3.05, 3.63) is 107 Å². The van der Waals surface area contributed by atoms with Crippen molar-refractivity contribution in [2.24, 2.45) is 0 Å². The predicted octanol–water partition coefficient (Wildman–Crippen LogP) is 4.65. The Hall–Kier alpha value is -3.62. The van der Waals surface area contributed by atoms with Gasteiger partial charge >= 0.3 is 0 Å². The number of benzene rings is 3. The third kappa shape index (κ3) is 5.55. The fourth-order valence-corrected chi connectivity index (χ4v) is 5.23. The molecular weight excluding hydrogens is 484 g/mol. The molecule has 1 aromatic heterocycles. The number of aromatic nitrogens is 2. The van der Waals surface area contributed by atoms with Crippen LogP contribution in [0.1, 0.15) is 16.7 Å². The van der Waals surface area contributed by atoms with Gasteiger partial charge in [0.05, 0.1) is 16.3 Å². The summed E-state index contributed by atoms with van der Waals surface area (Å²) < 4.78 is 30.0. The van der Waals surface area contributed by atoms with Gasteiger partial charge < -0.3 is 5.32 Å². The van der Waals surface area contributed by atoms with Crippen molar-refractivity contribution in [2.75, 3.05) is 10.8 Å². The summed E-state index contributed by atoms with van der Waals surface area (Å²) in [6.45, 7) is 3.48. The number of carbonyl (C=O) groups is 1. The number of halogens is 1. The number of nitrogens with zero attached hydrogens (tertiary/aromatic N) is 3. The lowest BCUT2D eigenvalue weighted by Gasteiger charge is -2.26. The molecule has 4 rings (SSSR count). The summed E-state index contributed by atoms with van der Waals surface area (Å²) in [7, 11) is -4.01. The highest BCUT2D eigenvalue weighted by Gasteiger charge is 2.28. The predicted molar refractivity (Wildman–Crippen MR) is 137 cm³/mol. The molecule has 0 aliphatic rings. The Kier molecular flexibility index (Phi) is 7.23. The molecule has 0 atom stereocenters. The van der Waals surface area contributed by atoms with Crippen molar-refractivity contribution in [1.82, 2.24) is 15.1 Å². The molecule has 0 fully saturated rings. The largest absolute Gasteiger partial charge is 0.350 e. The highest BCUT2D eigenvalue weighted by Crippen LogP contribution is 2.30. The Labute approximate surface area is 210 Å². The van der Waals surface area contributed by atoms with Crippen LogP contribution in [0, 0.1) is 13.8 Å². The van der Waals surface area contributed by atoms with E-state index < -0.39 is 15.9 Å². The molecule has 1 N–H and O–H groups in total. The molecule has 0 spiro atoms. The van der Waals surface area contributed by atoms with Gasteiger partial charge in [-0.1, -0.05) is 47.5 Å². The Morgan fingerprint density at radius 2 is 1.71 bits per heavy atom. The summed E-state index contributed by atoms with van der Waals surface area (Å²) in [5, 5.41) is 7.43. The number of rotatable bonds is 8. The average molecular weight is 509 g/mol. The van der Waals surface area contributed by atoms with E-state index in [9.17, 15) is 13.2 Å². The average Bonchev–Trinajstić information content (AvgIpc) is 3.39. The summed E-state index contributed by atoms with van der Waals surface area (Å²) in [5.41, 5.74) is 3.65. The van der Waals surface area contributed by atoms with Crippen LogP contribution in [0.2, 0.25) is 5.02 Å². The van der Waals surface area contributed by atoms with E-state index in [4.69, 9.17) is 11.6 Å². The van der Waals surface area contributed by atoms with Gasteiger partial charge in [0.1, 0.15) is 6.54 Å². The standard InChI is InChI=1S/C26H25ClN4O3S/c1-19-7-13-23(14-8-19)35(33,34)31(25-6-3-5-24(27)20(25)2)18-26(32)28-17-21-9-11-22(12-10-21)30-16-4-15-29-30/h3-16H,17-18H2,1-2H3,(H,28,32). The minimum atomic E-state index is -4.01. The molecule has 4 aromatic rings. The summed E-state index contributed by atoms with van der Waals surface area (Å²) in [6, 6.07) is 20.9. The molecule has 35 heavy (non-hydrogen) atoms. The molecule has 1 amide bonds. The number of sulfonamides is 1. The van der Waals surface area contributed by atoms with Crippen LogP contribution in [-0.2, 0) is 21.4 Å². The van der Waals surface area contributed by atoms with Gasteiger partial charge in [0.25, 0.3) is 10.0 Å². The van der Waals surface area contributed by atoms with Crippen LogP contribution in [0.3, 0.4) is 0 Å². The minimum absolute atomic E-state index is 0.101. The second-order valence-corrected chi connectivity index (χ2v) is 10.4. The molecule has 0 saturated heterocycles. The monoisotopic (exact) mass is 508 g/mol. The fraction of sp³-hybridized carbons (Fsp3) is 0.154. The lowest BCUT2D eigenvalue weighted by Crippen LogP contribution is -2.41. The van der Waals surface area contributed by atoms with Gasteiger partial charge in [0.15, 0.2) is 0 Å². The van der Waals surface area contributed by atoms with Gasteiger partial charge in [-0.25, -0.2) is 13.1 Å². The van der Waals surface area contributed by atoms with Crippen molar-refractivity contribution in [3.63, 3.8) is 0 Å². The number of aryl methyl sites for hydroxylation is 1. The Morgan fingerprint density at radius 1 is 1.00 bits per heavy atom. The molecule has 0 aliphatic heterocycles. The lowest BCUT2D eigenvalue weighted by atomic mass is 10.2. The minimum Gasteiger partial charge on any atom is -0.350 e. The first-order valence-corrected chi connectivity index (χ1v) is 12.8. The van der Waals surface area contributed by atoms with E-state index in [1.54, 1.807) is 48.1 Å². The number of hydrogen-bond donors (Lipinski definition) is 1. The highest BCUT2D eigenvalue weighted by molar-refractivity contribution is 7.92. The van der Waals surface area contributed by atoms with Gasteiger partial charge in [-0.05, 0) is 67.4 Å². The molecule has 0 saturated carbocycles. The van der Waals surface area contributed by atoms with Crippen molar-refractivity contribution in [2.45, 2.75) is 25.3 Å². The van der Waals surface area contributed by atoms with Gasteiger partial charge in [-0.2, -0.15) is 5.10 Å². The van der Waals surface area contributed by atoms with Crippen LogP contribution >= 0.6 is 11.6 Å². The van der Waals surface area contributed by atoms with E-state index in [-0.39, 0.29) is 18.0 Å². The number of anilines is 1. The van der Waals surface area contributed by atoms with Gasteiger partial charge in [-0.15, -0.1) is 0 Å². The fourth-order valence-electron chi connectivity index (χ4n) is 3.58. The van der Waals surface area contributed by atoms with Crippen molar-refractivity contribution < 1.29 is 13.2 Å². The third-order valence-corrected chi connectivity index (χ3v) is 7.78. The number of hydrogen-bond acceptors (Lipinski definition) is 4. The third-order valence-electron chi connectivity index (χ3n) is 5.60. The van der Waals surface area contributed by atoms with Crippen LogP contribution < -0.4 is 9.62 Å². The van der Waals surface area contributed by atoms with Gasteiger partial charge in [0, 0.05) is 24.0 Å². The van der Waals surface area contributed by atoms with Crippen molar-refractivity contribution in [1.29, 1.82) is 0 Å². The van der Waals surface area contributed by atoms with E-state index in [1.807, 2.05) is 43.5 Å². The topological polar surface area (TPSA) is 84.3 Å². The second-order valence-electron chi connectivity index (χ2n) is 8.10. The Bertz CT molecular complexity index is 1420. The first-order valence-electron chi connectivity index (χ1n) is 11.0. The molecule has 1 heterocycles. The zero-order valence-corrected chi connectivity index (χ0v) is 20.9. The lowest BCUT2D eigenvalue weighted by molar-refractivity contribution is -0.119. The summed E-state index contributed by atoms with van der Waals surface area (Å²) in [5.74, 6) is -0.434. The smallest absolute Gasteiger partial charge is 0.264 e. The Morgan fingerprint density at radius 3 is 2.37 bits per heavy atom. The van der Waals surface area contributed by atoms with E-state index >= 15 is 0 Å². The first-order chi connectivity index (χ1) is 16.8. The van der Waals surface area contributed by atoms with E-state index in [1.165, 1.54) is 12.1 Å². The van der Waals surface area contributed by atoms with Gasteiger partial charge in [-0.3, -0.25) is 9.10 Å². The van der Waals surface area contributed by atoms with Crippen LogP contribution in [0.25, 0.3) is 5.69 Å². The molecule has 0 unspecified atom stereocenters. The maximum Gasteiger partial charge on any atom is 0.264 e. The number of carbonyl (C=O) groups excluding carboxylic acids is 1. The van der Waals surface area contributed by atoms with E-state index in [0.717, 1.165) is 21.1 Å². The zero-order valence-electron chi connectivity index (χ0n) is 19.3.